The first-order valence-electron chi connectivity index (χ1n) is 6.53. The van der Waals surface area contributed by atoms with Gasteiger partial charge in [0.25, 0.3) is 0 Å². The number of amidine groups is 1. The Balaban J connectivity index is 2.42. The summed E-state index contributed by atoms with van der Waals surface area (Å²) >= 11 is 1.49. The molecular weight excluding hydrogens is 268 g/mol. The van der Waals surface area contributed by atoms with Crippen LogP contribution in [0.4, 0.5) is 5.69 Å². The van der Waals surface area contributed by atoms with Gasteiger partial charge in [-0.05, 0) is 30.2 Å². The number of nitrogen functional groups attached to an aromatic ring is 1. The van der Waals surface area contributed by atoms with Crippen LogP contribution < -0.4 is 10.6 Å². The Morgan fingerprint density at radius 2 is 1.85 bits per heavy atom. The molecule has 3 N–H and O–H groups in total. The molecule has 0 unspecified atom stereocenters. The van der Waals surface area contributed by atoms with E-state index in [0.717, 1.165) is 26.8 Å². The molecule has 0 bridgehead atoms. The minimum Gasteiger partial charge on any atom is -0.383 e. The fourth-order valence-electron chi connectivity index (χ4n) is 1.94. The maximum Gasteiger partial charge on any atom is 0.135 e. The van der Waals surface area contributed by atoms with Crippen molar-refractivity contribution in [1.82, 2.24) is 4.98 Å². The summed E-state index contributed by atoms with van der Waals surface area (Å²) in [5.41, 5.74) is 8.78. The van der Waals surface area contributed by atoms with Crippen LogP contribution >= 0.6 is 11.3 Å². The molecule has 0 radical (unpaired) electrons. The molecule has 0 saturated heterocycles. The highest BCUT2D eigenvalue weighted by molar-refractivity contribution is 7.17. The molecular formula is C15H20N4S. The van der Waals surface area contributed by atoms with Gasteiger partial charge in [0.2, 0.25) is 0 Å². The van der Waals surface area contributed by atoms with Gasteiger partial charge in [-0.1, -0.05) is 13.8 Å². The predicted molar refractivity (Wildman–Crippen MR) is 87.0 cm³/mol. The summed E-state index contributed by atoms with van der Waals surface area (Å²) in [6, 6.07) is 8.25. The van der Waals surface area contributed by atoms with Gasteiger partial charge in [-0.15, -0.1) is 11.3 Å². The topological polar surface area (TPSA) is 66.0 Å². The van der Waals surface area contributed by atoms with Crippen LogP contribution in [0.15, 0.2) is 24.3 Å². The van der Waals surface area contributed by atoms with Gasteiger partial charge in [0, 0.05) is 25.3 Å². The van der Waals surface area contributed by atoms with Crippen molar-refractivity contribution in [1.29, 1.82) is 5.41 Å². The Bertz CT molecular complexity index is 611. The van der Waals surface area contributed by atoms with Crippen molar-refractivity contribution in [2.75, 3.05) is 19.0 Å². The maximum atomic E-state index is 7.68. The van der Waals surface area contributed by atoms with Crippen molar-refractivity contribution in [2.24, 2.45) is 5.73 Å². The number of hydrogen-bond donors (Lipinski definition) is 2. The second kappa shape index (κ2) is 5.63. The molecule has 0 aliphatic rings. The molecule has 1 aromatic carbocycles. The number of rotatable bonds is 4. The zero-order valence-electron chi connectivity index (χ0n) is 12.3. The van der Waals surface area contributed by atoms with E-state index in [1.165, 1.54) is 11.3 Å². The van der Waals surface area contributed by atoms with Crippen molar-refractivity contribution in [2.45, 2.75) is 19.8 Å². The summed E-state index contributed by atoms with van der Waals surface area (Å²) in [5, 5.41) is 8.60. The Morgan fingerprint density at radius 1 is 1.25 bits per heavy atom. The molecule has 0 amide bonds. The second-order valence-electron chi connectivity index (χ2n) is 5.24. The average Bonchev–Trinajstić information content (AvgIpc) is 2.84. The third-order valence-corrected chi connectivity index (χ3v) is 4.23. The smallest absolute Gasteiger partial charge is 0.135 e. The third kappa shape index (κ3) is 2.82. The molecule has 20 heavy (non-hydrogen) atoms. The van der Waals surface area contributed by atoms with Gasteiger partial charge in [0.05, 0.1) is 10.6 Å². The van der Waals surface area contributed by atoms with Crippen LogP contribution in [0.1, 0.15) is 30.3 Å². The minimum absolute atomic E-state index is 0.0994. The van der Waals surface area contributed by atoms with Crippen LogP contribution in [-0.4, -0.2) is 24.9 Å². The second-order valence-corrected chi connectivity index (χ2v) is 6.24. The molecule has 2 rings (SSSR count). The summed E-state index contributed by atoms with van der Waals surface area (Å²) < 4.78 is 0. The number of aromatic nitrogens is 1. The van der Waals surface area contributed by atoms with Gasteiger partial charge in [-0.3, -0.25) is 5.41 Å². The number of benzene rings is 1. The van der Waals surface area contributed by atoms with Gasteiger partial charge in [0.15, 0.2) is 0 Å². The van der Waals surface area contributed by atoms with Crippen molar-refractivity contribution in [3.05, 3.63) is 34.8 Å². The lowest BCUT2D eigenvalue weighted by atomic mass is 10.1. The highest BCUT2D eigenvalue weighted by Crippen LogP contribution is 2.32. The molecule has 2 aromatic rings. The number of nitrogens with one attached hydrogen (secondary N) is 1. The molecule has 1 heterocycles. The third-order valence-electron chi connectivity index (χ3n) is 3.08. The normalized spacial score (nSPS) is 10.8. The number of nitrogens with zero attached hydrogens (tertiary/aromatic N) is 2. The van der Waals surface area contributed by atoms with Gasteiger partial charge in [-0.2, -0.15) is 0 Å². The first-order chi connectivity index (χ1) is 9.40. The van der Waals surface area contributed by atoms with Crippen LogP contribution in [0, 0.1) is 5.41 Å². The summed E-state index contributed by atoms with van der Waals surface area (Å²) in [6.45, 7) is 4.14. The van der Waals surface area contributed by atoms with Crippen molar-refractivity contribution in [3.8, 4) is 10.6 Å². The lowest BCUT2D eigenvalue weighted by Crippen LogP contribution is -2.12. The summed E-state index contributed by atoms with van der Waals surface area (Å²) in [4.78, 5) is 7.51. The molecule has 5 heteroatoms. The summed E-state index contributed by atoms with van der Waals surface area (Å²) in [5.74, 6) is 0.363. The molecule has 0 atom stereocenters. The molecule has 0 fully saturated rings. The maximum absolute atomic E-state index is 7.68. The fourth-order valence-corrected chi connectivity index (χ4v) is 3.03. The minimum atomic E-state index is 0.0994. The summed E-state index contributed by atoms with van der Waals surface area (Å²) in [6.07, 6.45) is 0. The van der Waals surface area contributed by atoms with Gasteiger partial charge in [-0.25, -0.2) is 4.98 Å². The van der Waals surface area contributed by atoms with E-state index in [-0.39, 0.29) is 11.8 Å². The van der Waals surface area contributed by atoms with E-state index >= 15 is 0 Å². The zero-order valence-corrected chi connectivity index (χ0v) is 13.1. The van der Waals surface area contributed by atoms with Gasteiger partial charge < -0.3 is 10.6 Å². The number of anilines is 1. The Labute approximate surface area is 123 Å². The van der Waals surface area contributed by atoms with E-state index in [1.54, 1.807) is 0 Å². The largest absolute Gasteiger partial charge is 0.383 e. The van der Waals surface area contributed by atoms with Gasteiger partial charge in [0.1, 0.15) is 10.8 Å². The number of nitrogens with two attached hydrogens (primary N) is 1. The van der Waals surface area contributed by atoms with E-state index in [4.69, 9.17) is 11.1 Å². The molecule has 0 aliphatic heterocycles. The van der Waals surface area contributed by atoms with Gasteiger partial charge >= 0.3 is 0 Å². The molecule has 4 nitrogen and oxygen atoms in total. The first-order valence-corrected chi connectivity index (χ1v) is 7.34. The van der Waals surface area contributed by atoms with Crippen molar-refractivity contribution in [3.63, 3.8) is 0 Å². The zero-order chi connectivity index (χ0) is 14.9. The molecule has 0 aliphatic carbocycles. The predicted octanol–water partition coefficient (Wildman–Crippen LogP) is 3.28. The van der Waals surface area contributed by atoms with Crippen LogP contribution in [0.25, 0.3) is 10.6 Å². The van der Waals surface area contributed by atoms with E-state index in [1.807, 2.05) is 14.1 Å². The van der Waals surface area contributed by atoms with Crippen LogP contribution in [0.3, 0.4) is 0 Å². The average molecular weight is 288 g/mol. The van der Waals surface area contributed by atoms with Crippen LogP contribution in [-0.2, 0) is 0 Å². The molecule has 1 aromatic heterocycles. The first kappa shape index (κ1) is 14.5. The van der Waals surface area contributed by atoms with Crippen LogP contribution in [0.5, 0.6) is 0 Å². The standard InChI is InChI=1S/C15H20N4S/c1-9(2)12-13(14(16)17)20-15(18-12)10-5-7-11(8-6-10)19(3)4/h5-9H,1-4H3,(H3,16,17). The van der Waals surface area contributed by atoms with E-state index in [9.17, 15) is 0 Å². The Morgan fingerprint density at radius 3 is 2.25 bits per heavy atom. The summed E-state index contributed by atoms with van der Waals surface area (Å²) in [7, 11) is 4.03. The number of thiazole rings is 1. The Kier molecular flexibility index (Phi) is 4.09. The number of hydrogen-bond acceptors (Lipinski definition) is 4. The molecule has 0 saturated carbocycles. The highest BCUT2D eigenvalue weighted by Gasteiger charge is 2.17. The quantitative estimate of drug-likeness (QED) is 0.670. The molecule has 106 valence electrons. The van der Waals surface area contributed by atoms with Crippen LogP contribution in [0.2, 0.25) is 0 Å². The molecule has 0 spiro atoms. The van der Waals surface area contributed by atoms with E-state index in [2.05, 4.69) is 48.0 Å². The van der Waals surface area contributed by atoms with E-state index in [0.29, 0.717) is 0 Å². The van der Waals surface area contributed by atoms with E-state index < -0.39 is 0 Å². The highest BCUT2D eigenvalue weighted by atomic mass is 32.1. The lowest BCUT2D eigenvalue weighted by Gasteiger charge is -2.12. The lowest BCUT2D eigenvalue weighted by molar-refractivity contribution is 0.831. The Hall–Kier alpha value is -1.88. The SMILES string of the molecule is CC(C)c1nc(-c2ccc(N(C)C)cc2)sc1C(=N)N. The van der Waals surface area contributed by atoms with Crippen molar-refractivity contribution < 1.29 is 0 Å². The van der Waals surface area contributed by atoms with Crippen molar-refractivity contribution >= 4 is 22.9 Å². The fraction of sp³-hybridized carbons (Fsp3) is 0.333. The monoisotopic (exact) mass is 288 g/mol.